The summed E-state index contributed by atoms with van der Waals surface area (Å²) in [6, 6.07) is 18.0. The third kappa shape index (κ3) is 4.61. The molecule has 5 heteroatoms. The standard InChI is InChI=1S/C19H20N2O2S/c1-14(11-12-15-7-3-2-4-8-15)20-18(22)13-24-19-21-16-9-5-6-10-17(16)23-19/h2-10,14H,11-13H2,1H3,(H,20,22)/t14-/m0/s1. The lowest BCUT2D eigenvalue weighted by Crippen LogP contribution is -2.34. The minimum absolute atomic E-state index is 0.00261. The lowest BCUT2D eigenvalue weighted by atomic mass is 10.1. The van der Waals surface area contributed by atoms with Crippen molar-refractivity contribution in [1.29, 1.82) is 0 Å². The van der Waals surface area contributed by atoms with Crippen LogP contribution in [0, 0.1) is 0 Å². The highest BCUT2D eigenvalue weighted by Gasteiger charge is 2.11. The predicted molar refractivity (Wildman–Crippen MR) is 97.1 cm³/mol. The molecule has 3 rings (SSSR count). The molecule has 1 amide bonds. The number of carbonyl (C=O) groups is 1. The van der Waals surface area contributed by atoms with E-state index in [1.165, 1.54) is 17.3 Å². The van der Waals surface area contributed by atoms with Crippen LogP contribution in [-0.4, -0.2) is 22.7 Å². The maximum Gasteiger partial charge on any atom is 0.257 e. The van der Waals surface area contributed by atoms with Gasteiger partial charge in [0.05, 0.1) is 5.75 Å². The maximum atomic E-state index is 12.1. The zero-order chi connectivity index (χ0) is 16.8. The Balaban J connectivity index is 1.43. The Bertz CT molecular complexity index is 768. The highest BCUT2D eigenvalue weighted by molar-refractivity contribution is 7.99. The number of thioether (sulfide) groups is 1. The van der Waals surface area contributed by atoms with Gasteiger partial charge in [-0.1, -0.05) is 54.2 Å². The van der Waals surface area contributed by atoms with E-state index in [1.54, 1.807) is 0 Å². The number of carbonyl (C=O) groups excluding carboxylic acids is 1. The molecular weight excluding hydrogens is 320 g/mol. The Morgan fingerprint density at radius 1 is 1.17 bits per heavy atom. The van der Waals surface area contributed by atoms with Crippen LogP contribution in [0.1, 0.15) is 18.9 Å². The molecule has 24 heavy (non-hydrogen) atoms. The molecule has 3 aromatic rings. The second-order valence-corrected chi connectivity index (χ2v) is 6.66. The summed E-state index contributed by atoms with van der Waals surface area (Å²) < 4.78 is 5.60. The molecule has 0 unspecified atom stereocenters. The first kappa shape index (κ1) is 16.6. The van der Waals surface area contributed by atoms with Crippen molar-refractivity contribution in [3.8, 4) is 0 Å². The van der Waals surface area contributed by atoms with E-state index < -0.39 is 0 Å². The largest absolute Gasteiger partial charge is 0.431 e. The molecule has 4 nitrogen and oxygen atoms in total. The fourth-order valence-corrected chi connectivity index (χ4v) is 3.11. The number of nitrogens with one attached hydrogen (secondary N) is 1. The molecule has 1 atom stereocenters. The first-order valence-electron chi connectivity index (χ1n) is 8.02. The van der Waals surface area contributed by atoms with Gasteiger partial charge in [-0.2, -0.15) is 0 Å². The summed E-state index contributed by atoms with van der Waals surface area (Å²) in [4.78, 5) is 16.4. The van der Waals surface area contributed by atoms with Crippen molar-refractivity contribution in [1.82, 2.24) is 10.3 Å². The lowest BCUT2D eigenvalue weighted by Gasteiger charge is -2.13. The average Bonchev–Trinajstić information content (AvgIpc) is 3.02. The van der Waals surface area contributed by atoms with Crippen LogP contribution in [0.3, 0.4) is 0 Å². The molecule has 1 heterocycles. The Morgan fingerprint density at radius 3 is 2.71 bits per heavy atom. The van der Waals surface area contributed by atoms with E-state index in [4.69, 9.17) is 4.42 Å². The molecule has 0 spiro atoms. The second kappa shape index (κ2) is 8.02. The van der Waals surface area contributed by atoms with E-state index in [-0.39, 0.29) is 11.9 Å². The van der Waals surface area contributed by atoms with Gasteiger partial charge in [0, 0.05) is 6.04 Å². The van der Waals surface area contributed by atoms with Crippen LogP contribution >= 0.6 is 11.8 Å². The first-order valence-corrected chi connectivity index (χ1v) is 9.01. The molecule has 0 aliphatic heterocycles. The SMILES string of the molecule is C[C@@H](CCc1ccccc1)NC(=O)CSc1nc2ccccc2o1. The number of aryl methyl sites for hydroxylation is 1. The minimum atomic E-state index is 0.00261. The van der Waals surface area contributed by atoms with Gasteiger partial charge in [-0.15, -0.1) is 0 Å². The molecule has 0 aliphatic carbocycles. The number of hydrogen-bond acceptors (Lipinski definition) is 4. The van der Waals surface area contributed by atoms with Crippen molar-refractivity contribution >= 4 is 28.8 Å². The van der Waals surface area contributed by atoms with Gasteiger partial charge in [-0.25, -0.2) is 4.98 Å². The lowest BCUT2D eigenvalue weighted by molar-refractivity contribution is -0.119. The van der Waals surface area contributed by atoms with E-state index in [1.807, 2.05) is 49.4 Å². The summed E-state index contributed by atoms with van der Waals surface area (Å²) in [7, 11) is 0. The number of benzene rings is 2. The molecule has 0 aliphatic rings. The van der Waals surface area contributed by atoms with E-state index in [9.17, 15) is 4.79 Å². The number of oxazole rings is 1. The zero-order valence-corrected chi connectivity index (χ0v) is 14.4. The van der Waals surface area contributed by atoms with Crippen LogP contribution in [0.15, 0.2) is 64.2 Å². The number of aromatic nitrogens is 1. The quantitative estimate of drug-likeness (QED) is 0.659. The highest BCUT2D eigenvalue weighted by Crippen LogP contribution is 2.22. The van der Waals surface area contributed by atoms with Gasteiger partial charge in [-0.05, 0) is 37.5 Å². The first-order chi connectivity index (χ1) is 11.7. The fourth-order valence-electron chi connectivity index (χ4n) is 2.46. The molecule has 0 saturated carbocycles. The van der Waals surface area contributed by atoms with E-state index >= 15 is 0 Å². The third-order valence-electron chi connectivity index (χ3n) is 3.72. The number of fused-ring (bicyclic) bond motifs is 1. The van der Waals surface area contributed by atoms with Crippen LogP contribution in [-0.2, 0) is 11.2 Å². The molecule has 0 radical (unpaired) electrons. The topological polar surface area (TPSA) is 55.1 Å². The van der Waals surface area contributed by atoms with Gasteiger partial charge in [-0.3, -0.25) is 4.79 Å². The number of rotatable bonds is 7. The van der Waals surface area contributed by atoms with Crippen LogP contribution in [0.5, 0.6) is 0 Å². The van der Waals surface area contributed by atoms with E-state index in [2.05, 4.69) is 22.4 Å². The molecule has 2 aromatic carbocycles. The average molecular weight is 340 g/mol. The molecule has 124 valence electrons. The van der Waals surface area contributed by atoms with Crippen LogP contribution in [0.4, 0.5) is 0 Å². The minimum Gasteiger partial charge on any atom is -0.431 e. The summed E-state index contributed by atoms with van der Waals surface area (Å²) in [6.45, 7) is 2.03. The zero-order valence-electron chi connectivity index (χ0n) is 13.6. The second-order valence-electron chi connectivity index (χ2n) is 5.73. The predicted octanol–water partition coefficient (Wildman–Crippen LogP) is 4.06. The number of nitrogens with zero attached hydrogens (tertiary/aromatic N) is 1. The van der Waals surface area contributed by atoms with Crippen LogP contribution in [0.2, 0.25) is 0 Å². The molecule has 1 N–H and O–H groups in total. The third-order valence-corrected chi connectivity index (χ3v) is 4.55. The molecule has 0 fully saturated rings. The van der Waals surface area contributed by atoms with E-state index in [0.29, 0.717) is 11.0 Å². The van der Waals surface area contributed by atoms with Gasteiger partial charge in [0.15, 0.2) is 5.58 Å². The molecule has 0 saturated heterocycles. The molecule has 0 bridgehead atoms. The highest BCUT2D eigenvalue weighted by atomic mass is 32.2. The fraction of sp³-hybridized carbons (Fsp3) is 0.263. The number of para-hydroxylation sites is 2. The van der Waals surface area contributed by atoms with Gasteiger partial charge in [0.1, 0.15) is 5.52 Å². The summed E-state index contributed by atoms with van der Waals surface area (Å²) in [6.07, 6.45) is 1.88. The smallest absolute Gasteiger partial charge is 0.257 e. The van der Waals surface area contributed by atoms with Crippen molar-refractivity contribution < 1.29 is 9.21 Å². The van der Waals surface area contributed by atoms with Gasteiger partial charge in [0.2, 0.25) is 5.91 Å². The number of amides is 1. The van der Waals surface area contributed by atoms with Crippen molar-refractivity contribution in [3.05, 3.63) is 60.2 Å². The Hall–Kier alpha value is -2.27. The number of hydrogen-bond donors (Lipinski definition) is 1. The summed E-state index contributed by atoms with van der Waals surface area (Å²) in [5.41, 5.74) is 2.85. The van der Waals surface area contributed by atoms with Crippen molar-refractivity contribution in [2.75, 3.05) is 5.75 Å². The van der Waals surface area contributed by atoms with Gasteiger partial charge >= 0.3 is 0 Å². The van der Waals surface area contributed by atoms with Crippen molar-refractivity contribution in [2.45, 2.75) is 31.0 Å². The summed E-state index contributed by atoms with van der Waals surface area (Å²) in [5.74, 6) is 0.311. The molecule has 1 aromatic heterocycles. The van der Waals surface area contributed by atoms with Crippen molar-refractivity contribution in [3.63, 3.8) is 0 Å². The Morgan fingerprint density at radius 2 is 1.92 bits per heavy atom. The summed E-state index contributed by atoms with van der Waals surface area (Å²) >= 11 is 1.32. The van der Waals surface area contributed by atoms with E-state index in [0.717, 1.165) is 23.9 Å². The van der Waals surface area contributed by atoms with Crippen LogP contribution in [0.25, 0.3) is 11.1 Å². The Labute approximate surface area is 145 Å². The maximum absolute atomic E-state index is 12.1. The summed E-state index contributed by atoms with van der Waals surface area (Å²) in [5, 5.41) is 3.56. The molecular formula is C19H20N2O2S. The van der Waals surface area contributed by atoms with Gasteiger partial charge in [0.25, 0.3) is 5.22 Å². The Kier molecular flexibility index (Phi) is 5.54. The van der Waals surface area contributed by atoms with Crippen LogP contribution < -0.4 is 5.32 Å². The van der Waals surface area contributed by atoms with Crippen molar-refractivity contribution in [2.24, 2.45) is 0 Å². The monoisotopic (exact) mass is 340 g/mol. The van der Waals surface area contributed by atoms with Gasteiger partial charge < -0.3 is 9.73 Å². The normalized spacial score (nSPS) is 12.2.